The Balaban J connectivity index is 5.44. The van der Waals surface area contributed by atoms with E-state index in [2.05, 4.69) is 6.58 Å². The fraction of sp³-hybridized carbons (Fsp3) is 0.600. The number of esters is 2. The molecule has 0 aliphatic carbocycles. The van der Waals surface area contributed by atoms with Gasteiger partial charge in [-0.3, -0.25) is 9.59 Å². The van der Waals surface area contributed by atoms with Gasteiger partial charge in [0.15, 0.2) is 5.41 Å². The monoisotopic (exact) mass is 268 g/mol. The minimum Gasteiger partial charge on any atom is -0.465 e. The number of carbonyl (C=O) groups is 2. The second kappa shape index (κ2) is 8.51. The minimum absolute atomic E-state index is 0.203. The molecule has 0 aromatic rings. The van der Waals surface area contributed by atoms with Gasteiger partial charge >= 0.3 is 11.9 Å². The number of rotatable bonds is 8. The van der Waals surface area contributed by atoms with E-state index in [4.69, 9.17) is 9.47 Å². The summed E-state index contributed by atoms with van der Waals surface area (Å²) in [5.74, 6) is -1.10. The maximum atomic E-state index is 12.2. The molecule has 0 aromatic heterocycles. The molecule has 0 rings (SSSR count). The molecule has 0 fully saturated rings. The summed E-state index contributed by atoms with van der Waals surface area (Å²) >= 11 is 0. The van der Waals surface area contributed by atoms with Crippen LogP contribution in [-0.4, -0.2) is 25.2 Å². The topological polar surface area (TPSA) is 52.6 Å². The fourth-order valence-electron chi connectivity index (χ4n) is 1.66. The van der Waals surface area contributed by atoms with Gasteiger partial charge in [-0.15, -0.1) is 6.58 Å². The Labute approximate surface area is 115 Å². The summed E-state index contributed by atoms with van der Waals surface area (Å²) in [5.41, 5.74) is -0.285. The van der Waals surface area contributed by atoms with Crippen molar-refractivity contribution in [2.75, 3.05) is 13.2 Å². The van der Waals surface area contributed by atoms with Crippen molar-refractivity contribution in [1.82, 2.24) is 0 Å². The normalized spacial score (nSPS) is 10.5. The maximum Gasteiger partial charge on any atom is 0.324 e. The number of carbonyl (C=O) groups excluding carboxylic acids is 2. The Morgan fingerprint density at radius 3 is 1.84 bits per heavy atom. The SMILES string of the molecule is C=CCC(CC=C(C)C)(C(=O)OCC)C(=O)OCC. The van der Waals surface area contributed by atoms with Gasteiger partial charge in [0.05, 0.1) is 13.2 Å². The molecule has 0 saturated carbocycles. The number of hydrogen-bond donors (Lipinski definition) is 0. The third-order valence-electron chi connectivity index (χ3n) is 2.68. The summed E-state index contributed by atoms with van der Waals surface area (Å²) in [4.78, 5) is 24.4. The Morgan fingerprint density at radius 1 is 1.05 bits per heavy atom. The molecule has 0 amide bonds. The first-order valence-electron chi connectivity index (χ1n) is 6.53. The molecule has 0 aliphatic rings. The van der Waals surface area contributed by atoms with Crippen LogP contribution < -0.4 is 0 Å². The second-order valence-electron chi connectivity index (χ2n) is 4.50. The zero-order valence-corrected chi connectivity index (χ0v) is 12.3. The first kappa shape index (κ1) is 17.4. The predicted octanol–water partition coefficient (Wildman–Crippen LogP) is 3.03. The van der Waals surface area contributed by atoms with Crippen LogP contribution in [0.25, 0.3) is 0 Å². The molecule has 4 nitrogen and oxygen atoms in total. The van der Waals surface area contributed by atoms with Gasteiger partial charge in [0.2, 0.25) is 0 Å². The smallest absolute Gasteiger partial charge is 0.324 e. The first-order valence-corrected chi connectivity index (χ1v) is 6.53. The molecule has 4 heteroatoms. The molecule has 0 aliphatic heterocycles. The average Bonchev–Trinajstić information content (AvgIpc) is 2.34. The van der Waals surface area contributed by atoms with Crippen molar-refractivity contribution in [3.05, 3.63) is 24.3 Å². The molecule has 108 valence electrons. The Hall–Kier alpha value is -1.58. The quantitative estimate of drug-likeness (QED) is 0.386. The zero-order chi connectivity index (χ0) is 14.9. The van der Waals surface area contributed by atoms with Crippen molar-refractivity contribution in [1.29, 1.82) is 0 Å². The predicted molar refractivity (Wildman–Crippen MR) is 74.6 cm³/mol. The summed E-state index contributed by atoms with van der Waals surface area (Å²) in [6, 6.07) is 0. The van der Waals surface area contributed by atoms with Gasteiger partial charge in [0.25, 0.3) is 0 Å². The molecule has 0 aromatic carbocycles. The Kier molecular flexibility index (Phi) is 7.80. The van der Waals surface area contributed by atoms with Crippen LogP contribution >= 0.6 is 0 Å². The minimum atomic E-state index is -1.31. The Bertz CT molecular complexity index is 333. The summed E-state index contributed by atoms with van der Waals surface area (Å²) < 4.78 is 10.1. The van der Waals surface area contributed by atoms with E-state index in [1.807, 2.05) is 19.9 Å². The van der Waals surface area contributed by atoms with E-state index < -0.39 is 17.4 Å². The molecule has 0 radical (unpaired) electrons. The first-order chi connectivity index (χ1) is 8.94. The lowest BCUT2D eigenvalue weighted by Gasteiger charge is -2.27. The summed E-state index contributed by atoms with van der Waals surface area (Å²) in [5, 5.41) is 0. The van der Waals surface area contributed by atoms with Crippen LogP contribution in [0.2, 0.25) is 0 Å². The molecule has 0 bridgehead atoms. The van der Waals surface area contributed by atoms with E-state index in [1.165, 1.54) is 0 Å². The summed E-state index contributed by atoms with van der Waals surface area (Å²) in [7, 11) is 0. The van der Waals surface area contributed by atoms with Crippen molar-refractivity contribution < 1.29 is 19.1 Å². The van der Waals surface area contributed by atoms with Crippen molar-refractivity contribution in [2.24, 2.45) is 5.41 Å². The van der Waals surface area contributed by atoms with Crippen molar-refractivity contribution >= 4 is 11.9 Å². The lowest BCUT2D eigenvalue weighted by atomic mass is 9.80. The summed E-state index contributed by atoms with van der Waals surface area (Å²) in [6.45, 7) is 11.3. The molecular formula is C15H24O4. The molecule has 0 heterocycles. The van der Waals surface area contributed by atoms with Crippen LogP contribution in [0.15, 0.2) is 24.3 Å². The van der Waals surface area contributed by atoms with Crippen LogP contribution in [0.5, 0.6) is 0 Å². The highest BCUT2D eigenvalue weighted by atomic mass is 16.6. The van der Waals surface area contributed by atoms with Crippen molar-refractivity contribution in [3.8, 4) is 0 Å². The highest BCUT2D eigenvalue weighted by molar-refractivity contribution is 6.00. The molecular weight excluding hydrogens is 244 g/mol. The van der Waals surface area contributed by atoms with Gasteiger partial charge in [-0.1, -0.05) is 17.7 Å². The molecule has 0 N–H and O–H groups in total. The standard InChI is InChI=1S/C15H24O4/c1-6-10-15(11-9-12(4)5,13(16)18-7-2)14(17)19-8-3/h6,9H,1,7-8,10-11H2,2-5H3. The fourth-order valence-corrected chi connectivity index (χ4v) is 1.66. The van der Waals surface area contributed by atoms with Gasteiger partial charge in [0.1, 0.15) is 0 Å². The van der Waals surface area contributed by atoms with Crippen molar-refractivity contribution in [2.45, 2.75) is 40.5 Å². The molecule has 0 unspecified atom stereocenters. The molecule has 0 saturated heterocycles. The van der Waals surface area contributed by atoms with Crippen LogP contribution in [0.4, 0.5) is 0 Å². The van der Waals surface area contributed by atoms with E-state index in [9.17, 15) is 9.59 Å². The summed E-state index contributed by atoms with van der Waals surface area (Å²) in [6.07, 6.45) is 3.86. The lowest BCUT2D eigenvalue weighted by Crippen LogP contribution is -2.41. The second-order valence-corrected chi connectivity index (χ2v) is 4.50. The highest BCUT2D eigenvalue weighted by Crippen LogP contribution is 2.32. The zero-order valence-electron chi connectivity index (χ0n) is 12.3. The van der Waals surface area contributed by atoms with Crippen LogP contribution in [-0.2, 0) is 19.1 Å². The lowest BCUT2D eigenvalue weighted by molar-refractivity contribution is -0.171. The third-order valence-corrected chi connectivity index (χ3v) is 2.68. The highest BCUT2D eigenvalue weighted by Gasteiger charge is 2.46. The van der Waals surface area contributed by atoms with Gasteiger partial charge in [-0.25, -0.2) is 0 Å². The van der Waals surface area contributed by atoms with Gasteiger partial charge in [-0.05, 0) is 40.5 Å². The average molecular weight is 268 g/mol. The van der Waals surface area contributed by atoms with Gasteiger partial charge in [0, 0.05) is 0 Å². The van der Waals surface area contributed by atoms with Crippen LogP contribution in [0, 0.1) is 5.41 Å². The van der Waals surface area contributed by atoms with E-state index in [0.717, 1.165) is 5.57 Å². The van der Waals surface area contributed by atoms with E-state index in [0.29, 0.717) is 0 Å². The van der Waals surface area contributed by atoms with E-state index >= 15 is 0 Å². The van der Waals surface area contributed by atoms with Crippen molar-refractivity contribution in [3.63, 3.8) is 0 Å². The van der Waals surface area contributed by atoms with Crippen LogP contribution in [0.1, 0.15) is 40.5 Å². The third kappa shape index (κ3) is 4.89. The molecule has 0 spiro atoms. The Morgan fingerprint density at radius 2 is 1.53 bits per heavy atom. The van der Waals surface area contributed by atoms with Gasteiger partial charge in [-0.2, -0.15) is 0 Å². The number of allylic oxidation sites excluding steroid dienone is 3. The number of hydrogen-bond acceptors (Lipinski definition) is 4. The maximum absolute atomic E-state index is 12.2. The molecule has 19 heavy (non-hydrogen) atoms. The van der Waals surface area contributed by atoms with Crippen LogP contribution in [0.3, 0.4) is 0 Å². The number of ether oxygens (including phenoxy) is 2. The van der Waals surface area contributed by atoms with E-state index in [-0.39, 0.29) is 26.1 Å². The largest absolute Gasteiger partial charge is 0.465 e. The van der Waals surface area contributed by atoms with E-state index in [1.54, 1.807) is 19.9 Å². The van der Waals surface area contributed by atoms with Gasteiger partial charge < -0.3 is 9.47 Å². The molecule has 0 atom stereocenters.